The number of methoxy groups -OCH3 is 1. The quantitative estimate of drug-likeness (QED) is 0.618. The van der Waals surface area contributed by atoms with Crippen molar-refractivity contribution in [3.05, 3.63) is 70.4 Å². The third-order valence-corrected chi connectivity index (χ3v) is 6.20. The molecule has 2 aromatic carbocycles. The molecule has 0 N–H and O–H groups in total. The molecule has 0 spiro atoms. The second-order valence-corrected chi connectivity index (χ2v) is 8.07. The van der Waals surface area contributed by atoms with Crippen LogP contribution in [0.5, 0.6) is 17.2 Å². The first kappa shape index (κ1) is 18.7. The summed E-state index contributed by atoms with van der Waals surface area (Å²) < 4.78 is 11.6. The smallest absolute Gasteiger partial charge is 0.264 e. The van der Waals surface area contributed by atoms with E-state index in [-0.39, 0.29) is 5.91 Å². The molecule has 0 atom stereocenters. The van der Waals surface area contributed by atoms with Crippen molar-refractivity contribution in [2.24, 2.45) is 4.99 Å². The Morgan fingerprint density at radius 1 is 1.03 bits per heavy atom. The lowest BCUT2D eigenvalue weighted by molar-refractivity contribution is 0.0697. The van der Waals surface area contributed by atoms with Gasteiger partial charge in [0.05, 0.1) is 17.6 Å². The summed E-state index contributed by atoms with van der Waals surface area (Å²) in [7, 11) is 1.65. The van der Waals surface area contributed by atoms with Gasteiger partial charge in [0.15, 0.2) is 5.75 Å². The van der Waals surface area contributed by atoms with Gasteiger partial charge in [-0.3, -0.25) is 4.79 Å². The van der Waals surface area contributed by atoms with E-state index in [0.29, 0.717) is 26.2 Å². The minimum atomic E-state index is 0.100. The standard InChI is InChI=1S/C23H21N3O3S/c1-28-16-8-9-19-17(15-16)22(24-18-5-2-3-6-20(18)29-19)25-10-12-26(13-11-25)23(27)21-7-4-14-30-21/h2-9,14-15H,10-13H2,1H3. The Hall–Kier alpha value is -3.32. The van der Waals surface area contributed by atoms with Crippen LogP contribution in [0.4, 0.5) is 5.69 Å². The van der Waals surface area contributed by atoms with Crippen molar-refractivity contribution in [2.45, 2.75) is 0 Å². The molecule has 1 fully saturated rings. The Balaban J connectivity index is 1.46. The average molecular weight is 420 g/mol. The van der Waals surface area contributed by atoms with E-state index in [4.69, 9.17) is 14.5 Å². The zero-order valence-corrected chi connectivity index (χ0v) is 17.4. The van der Waals surface area contributed by atoms with Gasteiger partial charge in [-0.2, -0.15) is 0 Å². The van der Waals surface area contributed by atoms with E-state index < -0.39 is 0 Å². The molecule has 2 aliphatic rings. The predicted molar refractivity (Wildman–Crippen MR) is 118 cm³/mol. The highest BCUT2D eigenvalue weighted by molar-refractivity contribution is 7.12. The van der Waals surface area contributed by atoms with Gasteiger partial charge in [0.1, 0.15) is 23.0 Å². The van der Waals surface area contributed by atoms with Crippen LogP contribution in [0.3, 0.4) is 0 Å². The fourth-order valence-corrected chi connectivity index (χ4v) is 4.44. The number of carbonyl (C=O) groups excluding carboxylic acids is 1. The molecule has 1 aromatic heterocycles. The summed E-state index contributed by atoms with van der Waals surface area (Å²) in [6, 6.07) is 17.3. The Kier molecular flexibility index (Phi) is 4.88. The molecule has 3 heterocycles. The third-order valence-electron chi connectivity index (χ3n) is 5.34. The molecule has 30 heavy (non-hydrogen) atoms. The van der Waals surface area contributed by atoms with Crippen molar-refractivity contribution in [3.8, 4) is 17.2 Å². The number of ether oxygens (including phenoxy) is 2. The van der Waals surface area contributed by atoms with Crippen LogP contribution in [0.2, 0.25) is 0 Å². The van der Waals surface area contributed by atoms with Crippen LogP contribution in [0.1, 0.15) is 15.2 Å². The Labute approximate surface area is 179 Å². The lowest BCUT2D eigenvalue weighted by atomic mass is 10.1. The van der Waals surface area contributed by atoms with E-state index in [2.05, 4.69) is 4.90 Å². The number of carbonyl (C=O) groups is 1. The Morgan fingerprint density at radius 3 is 2.63 bits per heavy atom. The molecule has 0 bridgehead atoms. The van der Waals surface area contributed by atoms with Gasteiger partial charge >= 0.3 is 0 Å². The molecule has 2 aliphatic heterocycles. The van der Waals surface area contributed by atoms with Crippen molar-refractivity contribution < 1.29 is 14.3 Å². The summed E-state index contributed by atoms with van der Waals surface area (Å²) in [5, 5.41) is 1.94. The van der Waals surface area contributed by atoms with Crippen LogP contribution in [-0.2, 0) is 0 Å². The number of rotatable bonds is 2. The minimum absolute atomic E-state index is 0.100. The van der Waals surface area contributed by atoms with Crippen molar-refractivity contribution in [2.75, 3.05) is 33.3 Å². The monoisotopic (exact) mass is 419 g/mol. The van der Waals surface area contributed by atoms with Crippen LogP contribution < -0.4 is 9.47 Å². The van der Waals surface area contributed by atoms with Gasteiger partial charge in [-0.1, -0.05) is 18.2 Å². The Bertz CT molecular complexity index is 1100. The van der Waals surface area contributed by atoms with Gasteiger partial charge < -0.3 is 19.3 Å². The topological polar surface area (TPSA) is 54.4 Å². The van der Waals surface area contributed by atoms with Crippen LogP contribution in [0.25, 0.3) is 0 Å². The normalized spacial score (nSPS) is 15.4. The number of benzene rings is 2. The number of aliphatic imine (C=N–C) groups is 1. The summed E-state index contributed by atoms with van der Waals surface area (Å²) in [4.78, 5) is 22.6. The van der Waals surface area contributed by atoms with Crippen LogP contribution in [-0.4, -0.2) is 54.8 Å². The molecule has 1 saturated heterocycles. The lowest BCUT2D eigenvalue weighted by Gasteiger charge is -2.36. The zero-order valence-electron chi connectivity index (χ0n) is 16.6. The number of fused-ring (bicyclic) bond motifs is 2. The lowest BCUT2D eigenvalue weighted by Crippen LogP contribution is -2.50. The van der Waals surface area contributed by atoms with Crippen LogP contribution in [0, 0.1) is 0 Å². The molecule has 1 amide bonds. The van der Waals surface area contributed by atoms with E-state index in [1.807, 2.05) is 64.9 Å². The van der Waals surface area contributed by atoms with E-state index in [1.165, 1.54) is 11.3 Å². The van der Waals surface area contributed by atoms with Crippen molar-refractivity contribution in [1.82, 2.24) is 9.80 Å². The molecule has 0 aliphatic carbocycles. The number of hydrogen-bond donors (Lipinski definition) is 0. The largest absolute Gasteiger partial charge is 0.497 e. The highest BCUT2D eigenvalue weighted by Gasteiger charge is 2.28. The van der Waals surface area contributed by atoms with Gasteiger partial charge in [-0.05, 0) is 41.8 Å². The summed E-state index contributed by atoms with van der Waals surface area (Å²) in [5.41, 5.74) is 1.68. The molecular weight excluding hydrogens is 398 g/mol. The Morgan fingerprint density at radius 2 is 1.87 bits per heavy atom. The highest BCUT2D eigenvalue weighted by Crippen LogP contribution is 2.39. The fraction of sp³-hybridized carbons (Fsp3) is 0.217. The van der Waals surface area contributed by atoms with E-state index in [0.717, 1.165) is 39.2 Å². The third kappa shape index (κ3) is 3.41. The van der Waals surface area contributed by atoms with Gasteiger partial charge in [0.25, 0.3) is 5.91 Å². The van der Waals surface area contributed by atoms with Gasteiger partial charge in [-0.15, -0.1) is 11.3 Å². The van der Waals surface area contributed by atoms with E-state index >= 15 is 0 Å². The number of thiophene rings is 1. The van der Waals surface area contributed by atoms with E-state index in [1.54, 1.807) is 7.11 Å². The number of piperazine rings is 1. The minimum Gasteiger partial charge on any atom is -0.497 e. The van der Waals surface area contributed by atoms with E-state index in [9.17, 15) is 4.79 Å². The van der Waals surface area contributed by atoms with Gasteiger partial charge in [0.2, 0.25) is 0 Å². The number of para-hydroxylation sites is 2. The molecule has 3 aromatic rings. The first-order valence-corrected chi connectivity index (χ1v) is 10.7. The predicted octanol–water partition coefficient (Wildman–Crippen LogP) is 4.40. The first-order valence-electron chi connectivity index (χ1n) is 9.84. The molecular formula is C23H21N3O3S. The number of amides is 1. The molecule has 5 rings (SSSR count). The molecule has 152 valence electrons. The summed E-state index contributed by atoms with van der Waals surface area (Å²) in [5.74, 6) is 3.17. The van der Waals surface area contributed by atoms with Crippen LogP contribution >= 0.6 is 11.3 Å². The van der Waals surface area contributed by atoms with Crippen molar-refractivity contribution >= 4 is 28.8 Å². The van der Waals surface area contributed by atoms with Crippen molar-refractivity contribution in [3.63, 3.8) is 0 Å². The highest BCUT2D eigenvalue weighted by atomic mass is 32.1. The van der Waals surface area contributed by atoms with Crippen molar-refractivity contribution in [1.29, 1.82) is 0 Å². The SMILES string of the molecule is COc1ccc2c(c1)C(N1CCN(C(=O)c3cccs3)CC1)=Nc1ccccc1O2. The molecule has 0 radical (unpaired) electrons. The summed E-state index contributed by atoms with van der Waals surface area (Å²) in [6.07, 6.45) is 0. The molecule has 7 heteroatoms. The molecule has 0 unspecified atom stereocenters. The number of amidine groups is 1. The second kappa shape index (κ2) is 7.84. The second-order valence-electron chi connectivity index (χ2n) is 7.12. The number of hydrogen-bond acceptors (Lipinski definition) is 6. The van der Waals surface area contributed by atoms with Gasteiger partial charge in [0, 0.05) is 26.2 Å². The summed E-state index contributed by atoms with van der Waals surface area (Å²) in [6.45, 7) is 2.71. The average Bonchev–Trinajstić information content (AvgIpc) is 3.28. The summed E-state index contributed by atoms with van der Waals surface area (Å²) >= 11 is 1.48. The molecule has 0 saturated carbocycles. The first-order chi connectivity index (χ1) is 14.7. The molecule has 6 nitrogen and oxygen atoms in total. The fourth-order valence-electron chi connectivity index (χ4n) is 3.75. The number of nitrogens with zero attached hydrogens (tertiary/aromatic N) is 3. The maximum absolute atomic E-state index is 12.7. The maximum atomic E-state index is 12.7. The zero-order chi connectivity index (χ0) is 20.5. The maximum Gasteiger partial charge on any atom is 0.264 e. The van der Waals surface area contributed by atoms with Gasteiger partial charge in [-0.25, -0.2) is 4.99 Å². The van der Waals surface area contributed by atoms with Crippen LogP contribution in [0.15, 0.2) is 65.0 Å².